The summed E-state index contributed by atoms with van der Waals surface area (Å²) in [5, 5.41) is 17.0. The summed E-state index contributed by atoms with van der Waals surface area (Å²) in [6.07, 6.45) is 6.11. The lowest BCUT2D eigenvalue weighted by molar-refractivity contribution is -0.384. The molecule has 5 aromatic rings. The second-order valence-electron chi connectivity index (χ2n) is 20.4. The number of benzene rings is 3. The number of hydrogen-bond acceptors (Lipinski definition) is 15. The van der Waals surface area contributed by atoms with Crippen molar-refractivity contribution in [1.29, 1.82) is 0 Å². The van der Waals surface area contributed by atoms with Gasteiger partial charge in [0.25, 0.3) is 21.6 Å². The third-order valence-electron chi connectivity index (χ3n) is 15.0. The SMILES string of the molecule is COC1(CNc2ccc(S(=O)(=O)NC(=O)c3ccc(N4CCN5CC6=C(c7ccc(Cl)cc7)CC(C)(C)C[C@H]6OCCCOC[C@@H]5C4)cc3N3CCCOc4nc5[nH]ccc5cc43)cc2[N+](=O)[O-])CCOCC1. The molecule has 3 aromatic carbocycles. The lowest BCUT2D eigenvalue weighted by atomic mass is 9.71. The molecular weight excluding hydrogens is 976 g/mol. The molecule has 6 heterocycles. The van der Waals surface area contributed by atoms with Gasteiger partial charge >= 0.3 is 0 Å². The molecule has 3 fully saturated rings. The van der Waals surface area contributed by atoms with E-state index in [0.717, 1.165) is 55.1 Å². The lowest BCUT2D eigenvalue weighted by Crippen LogP contribution is -2.56. The molecule has 1 aliphatic carbocycles. The van der Waals surface area contributed by atoms with Crippen LogP contribution in [-0.2, 0) is 29.0 Å². The van der Waals surface area contributed by atoms with Gasteiger partial charge in [0, 0.05) is 114 Å². The van der Waals surface area contributed by atoms with Crippen molar-refractivity contribution in [3.05, 3.63) is 111 Å². The van der Waals surface area contributed by atoms with Crippen LogP contribution in [0.2, 0.25) is 5.02 Å². The van der Waals surface area contributed by atoms with Crippen molar-refractivity contribution in [2.75, 3.05) is 101 Å². The molecule has 2 atom stereocenters. The number of nitro groups is 1. The van der Waals surface area contributed by atoms with Gasteiger partial charge in [0.2, 0.25) is 5.88 Å². The fourth-order valence-electron chi connectivity index (χ4n) is 10.9. The van der Waals surface area contributed by atoms with Crippen molar-refractivity contribution >= 4 is 72.6 Å². The number of hydrogen-bond donors (Lipinski definition) is 3. The molecular formula is C53H63ClN8O10S. The largest absolute Gasteiger partial charge is 0.476 e. The van der Waals surface area contributed by atoms with Crippen LogP contribution in [0.4, 0.5) is 28.4 Å². The molecule has 73 heavy (non-hydrogen) atoms. The molecule has 0 radical (unpaired) electrons. The number of sulfonamides is 1. The van der Waals surface area contributed by atoms with Crippen molar-refractivity contribution < 1.29 is 41.8 Å². The summed E-state index contributed by atoms with van der Waals surface area (Å²) >= 11 is 6.38. The predicted molar refractivity (Wildman–Crippen MR) is 280 cm³/mol. The molecule has 10 rings (SSSR count). The highest BCUT2D eigenvalue weighted by molar-refractivity contribution is 7.90. The van der Waals surface area contributed by atoms with Gasteiger partial charge < -0.3 is 43.8 Å². The quantitative estimate of drug-likeness (QED) is 0.0841. The second kappa shape index (κ2) is 21.2. The average molecular weight is 1040 g/mol. The summed E-state index contributed by atoms with van der Waals surface area (Å²) in [7, 11) is -3.06. The molecule has 3 saturated heterocycles. The first kappa shape index (κ1) is 50.7. The number of nitro benzene ring substituents is 1. The number of amides is 1. The van der Waals surface area contributed by atoms with E-state index in [4.69, 9.17) is 40.3 Å². The van der Waals surface area contributed by atoms with Crippen LogP contribution in [-0.4, -0.2) is 138 Å². The van der Waals surface area contributed by atoms with E-state index in [1.54, 1.807) is 19.4 Å². The average Bonchev–Trinajstić information content (AvgIpc) is 3.73. The summed E-state index contributed by atoms with van der Waals surface area (Å²) in [5.74, 6) is -0.538. The summed E-state index contributed by atoms with van der Waals surface area (Å²) in [4.78, 5) is 40.7. The molecule has 4 aliphatic heterocycles. The minimum Gasteiger partial charge on any atom is -0.476 e. The summed E-state index contributed by atoms with van der Waals surface area (Å²) in [6, 6.07) is 21.0. The summed E-state index contributed by atoms with van der Waals surface area (Å²) < 4.78 is 61.1. The molecule has 2 aromatic heterocycles. The topological polar surface area (TPSA) is 203 Å². The standard InChI is InChI=1S/C53H63ClN8O10S/c1-52(2)29-42(35-6-8-37(54)9-7-35)43-32-60-20-19-59(31-39(60)33-70-21-5-23-71-48(43)30-52)38-10-12-41(45(27-38)61-18-4-22-72-51-47(61)26-36-14-17-55-49(36)57-51)50(63)58-73(66,67)40-11-13-44(46(28-40)62(64)65)56-34-53(68-3)15-24-69-25-16-53/h6-14,17,26-28,39,48,56H,4-5,15-16,18-25,29-34H2,1-3H3,(H,55,57)(H,58,63)/t39-,48+/m0/s1. The highest BCUT2D eigenvalue weighted by atomic mass is 35.5. The molecule has 3 N–H and O–H groups in total. The van der Waals surface area contributed by atoms with Crippen LogP contribution in [0.5, 0.6) is 5.88 Å². The van der Waals surface area contributed by atoms with Crippen LogP contribution in [0.15, 0.2) is 89.5 Å². The minimum atomic E-state index is -4.65. The van der Waals surface area contributed by atoms with Gasteiger partial charge in [0.15, 0.2) is 0 Å². The Hall–Kier alpha value is -5.80. The van der Waals surface area contributed by atoms with Crippen LogP contribution in [0.1, 0.15) is 68.3 Å². The fourth-order valence-corrected chi connectivity index (χ4v) is 12.0. The molecule has 5 aliphatic rings. The Labute approximate surface area is 430 Å². The number of aromatic amines is 1. The normalized spacial score (nSPS) is 21.7. The third-order valence-corrected chi connectivity index (χ3v) is 16.5. The molecule has 0 bridgehead atoms. The molecule has 18 nitrogen and oxygen atoms in total. The Kier molecular flexibility index (Phi) is 14.7. The number of carbonyl (C=O) groups is 1. The third kappa shape index (κ3) is 11.0. The minimum absolute atomic E-state index is 0.00459. The molecule has 20 heteroatoms. The number of halogens is 1. The van der Waals surface area contributed by atoms with Gasteiger partial charge in [-0.05, 0) is 102 Å². The number of piperazine rings is 1. The number of rotatable bonds is 11. The van der Waals surface area contributed by atoms with Gasteiger partial charge in [-0.3, -0.25) is 19.8 Å². The van der Waals surface area contributed by atoms with Crippen LogP contribution >= 0.6 is 11.6 Å². The number of anilines is 4. The first-order valence-corrected chi connectivity index (χ1v) is 27.0. The monoisotopic (exact) mass is 1040 g/mol. The highest BCUT2D eigenvalue weighted by Crippen LogP contribution is 2.46. The Morgan fingerprint density at radius 2 is 1.78 bits per heavy atom. The first-order chi connectivity index (χ1) is 35.2. The predicted octanol–water partition coefficient (Wildman–Crippen LogP) is 8.34. The Morgan fingerprint density at radius 3 is 2.58 bits per heavy atom. The van der Waals surface area contributed by atoms with Crippen LogP contribution < -0.4 is 24.6 Å². The lowest BCUT2D eigenvalue weighted by Gasteiger charge is -2.45. The van der Waals surface area contributed by atoms with E-state index < -0.39 is 37.0 Å². The van der Waals surface area contributed by atoms with E-state index in [9.17, 15) is 23.3 Å². The van der Waals surface area contributed by atoms with Crippen molar-refractivity contribution in [3.63, 3.8) is 0 Å². The number of allylic oxidation sites excluding steroid dienone is 1. The number of aromatic nitrogens is 2. The summed E-state index contributed by atoms with van der Waals surface area (Å²) in [5.41, 5.74) is 5.47. The maximum absolute atomic E-state index is 14.6. The Morgan fingerprint density at radius 1 is 0.959 bits per heavy atom. The van der Waals surface area contributed by atoms with Gasteiger partial charge in [-0.1, -0.05) is 37.6 Å². The number of ether oxygens (including phenoxy) is 5. The van der Waals surface area contributed by atoms with E-state index in [1.807, 2.05) is 41.3 Å². The molecule has 388 valence electrons. The molecule has 1 amide bonds. The van der Waals surface area contributed by atoms with Crippen molar-refractivity contribution in [2.45, 2.75) is 75.0 Å². The molecule has 0 spiro atoms. The van der Waals surface area contributed by atoms with E-state index in [1.165, 1.54) is 23.3 Å². The number of pyridine rings is 1. The molecule has 0 saturated carbocycles. The number of methoxy groups -OCH3 is 1. The zero-order valence-corrected chi connectivity index (χ0v) is 43.1. The maximum atomic E-state index is 14.6. The van der Waals surface area contributed by atoms with E-state index in [0.29, 0.717) is 106 Å². The van der Waals surface area contributed by atoms with Gasteiger partial charge in [0.05, 0.1) is 52.0 Å². The smallest absolute Gasteiger partial charge is 0.293 e. The number of H-pyrrole nitrogens is 1. The van der Waals surface area contributed by atoms with Gasteiger partial charge in [-0.25, -0.2) is 13.1 Å². The fraction of sp³-hybridized carbons (Fsp3) is 0.472. The zero-order valence-electron chi connectivity index (χ0n) is 41.5. The summed E-state index contributed by atoms with van der Waals surface area (Å²) in [6.45, 7) is 11.0. The highest BCUT2D eigenvalue weighted by Gasteiger charge is 2.39. The van der Waals surface area contributed by atoms with Crippen LogP contribution in [0.25, 0.3) is 16.6 Å². The van der Waals surface area contributed by atoms with Gasteiger partial charge in [-0.2, -0.15) is 4.98 Å². The van der Waals surface area contributed by atoms with Crippen molar-refractivity contribution in [2.24, 2.45) is 5.41 Å². The van der Waals surface area contributed by atoms with E-state index >= 15 is 0 Å². The Bertz CT molecular complexity index is 3000. The van der Waals surface area contributed by atoms with E-state index in [2.05, 4.69) is 50.8 Å². The number of carbonyl (C=O) groups excluding carboxylic acids is 1. The maximum Gasteiger partial charge on any atom is 0.293 e. The number of nitrogens with zero attached hydrogens (tertiary/aromatic N) is 5. The van der Waals surface area contributed by atoms with Crippen LogP contribution in [0.3, 0.4) is 0 Å². The van der Waals surface area contributed by atoms with Gasteiger partial charge in [0.1, 0.15) is 17.0 Å². The number of fused-ring (bicyclic) bond motifs is 4. The first-order valence-electron chi connectivity index (χ1n) is 25.1. The van der Waals surface area contributed by atoms with Gasteiger partial charge in [-0.15, -0.1) is 0 Å². The number of nitrogens with one attached hydrogen (secondary N) is 3. The second-order valence-corrected chi connectivity index (χ2v) is 22.5. The van der Waals surface area contributed by atoms with Crippen molar-refractivity contribution in [3.8, 4) is 5.88 Å². The van der Waals surface area contributed by atoms with E-state index in [-0.39, 0.29) is 35.4 Å². The molecule has 0 unspecified atom stereocenters. The van der Waals surface area contributed by atoms with Crippen LogP contribution in [0, 0.1) is 15.5 Å². The van der Waals surface area contributed by atoms with Crippen molar-refractivity contribution in [1.82, 2.24) is 19.6 Å². The zero-order chi connectivity index (χ0) is 50.9. The Balaban J connectivity index is 0.967.